The molecular weight excluding hydrogens is 180 g/mol. The fourth-order valence-electron chi connectivity index (χ4n) is 1.20. The van der Waals surface area contributed by atoms with Gasteiger partial charge in [-0.3, -0.25) is 9.78 Å². The zero-order chi connectivity index (χ0) is 9.97. The minimum Gasteiger partial charge on any atom is -0.390 e. The molecular formula is C10H12N2O2. The molecule has 74 valence electrons. The maximum Gasteiger partial charge on any atom is 0.251 e. The number of carbonyl (C=O) groups is 1. The van der Waals surface area contributed by atoms with E-state index in [4.69, 9.17) is 5.11 Å². The van der Waals surface area contributed by atoms with Crippen molar-refractivity contribution in [3.63, 3.8) is 0 Å². The SMILES string of the molecule is O=C(NC1CC1)c1ccnc(CO)c1. The Bertz CT molecular complexity index is 348. The van der Waals surface area contributed by atoms with E-state index in [9.17, 15) is 4.79 Å². The van der Waals surface area contributed by atoms with Gasteiger partial charge in [-0.1, -0.05) is 0 Å². The van der Waals surface area contributed by atoms with E-state index in [-0.39, 0.29) is 12.5 Å². The lowest BCUT2D eigenvalue weighted by Gasteiger charge is -2.03. The summed E-state index contributed by atoms with van der Waals surface area (Å²) < 4.78 is 0. The second kappa shape index (κ2) is 3.75. The number of pyridine rings is 1. The molecule has 0 atom stereocenters. The van der Waals surface area contributed by atoms with Crippen LogP contribution in [0, 0.1) is 0 Å². The number of carbonyl (C=O) groups excluding carboxylic acids is 1. The molecule has 0 aliphatic heterocycles. The Labute approximate surface area is 82.0 Å². The summed E-state index contributed by atoms with van der Waals surface area (Å²) >= 11 is 0. The Balaban J connectivity index is 2.09. The third-order valence-corrected chi connectivity index (χ3v) is 2.15. The van der Waals surface area contributed by atoms with Gasteiger partial charge in [0, 0.05) is 17.8 Å². The average molecular weight is 192 g/mol. The number of nitrogens with one attached hydrogen (secondary N) is 1. The van der Waals surface area contributed by atoms with Crippen LogP contribution in [-0.2, 0) is 6.61 Å². The molecule has 1 saturated carbocycles. The Hall–Kier alpha value is -1.42. The van der Waals surface area contributed by atoms with Gasteiger partial charge in [0.2, 0.25) is 0 Å². The van der Waals surface area contributed by atoms with Crippen LogP contribution in [-0.4, -0.2) is 22.0 Å². The molecule has 1 aromatic heterocycles. The van der Waals surface area contributed by atoms with Gasteiger partial charge in [0.15, 0.2) is 0 Å². The van der Waals surface area contributed by atoms with Crippen molar-refractivity contribution < 1.29 is 9.90 Å². The quantitative estimate of drug-likeness (QED) is 0.731. The van der Waals surface area contributed by atoms with Crippen LogP contribution in [0.15, 0.2) is 18.3 Å². The lowest BCUT2D eigenvalue weighted by Crippen LogP contribution is -2.25. The highest BCUT2D eigenvalue weighted by atomic mass is 16.3. The van der Waals surface area contributed by atoms with Crippen LogP contribution in [0.3, 0.4) is 0 Å². The summed E-state index contributed by atoms with van der Waals surface area (Å²) in [5.74, 6) is -0.0791. The monoisotopic (exact) mass is 192 g/mol. The van der Waals surface area contributed by atoms with Crippen molar-refractivity contribution in [1.82, 2.24) is 10.3 Å². The number of aliphatic hydroxyl groups is 1. The molecule has 0 aromatic carbocycles. The first-order valence-corrected chi connectivity index (χ1v) is 4.66. The predicted octanol–water partition coefficient (Wildman–Crippen LogP) is 0.466. The van der Waals surface area contributed by atoms with E-state index in [0.29, 0.717) is 17.3 Å². The maximum atomic E-state index is 11.5. The molecule has 2 N–H and O–H groups in total. The molecule has 0 saturated heterocycles. The van der Waals surface area contributed by atoms with Crippen LogP contribution in [0.4, 0.5) is 0 Å². The molecule has 0 bridgehead atoms. The van der Waals surface area contributed by atoms with Crippen molar-refractivity contribution in [2.24, 2.45) is 0 Å². The molecule has 1 heterocycles. The minimum atomic E-state index is -0.134. The van der Waals surface area contributed by atoms with Crippen molar-refractivity contribution in [3.05, 3.63) is 29.6 Å². The van der Waals surface area contributed by atoms with E-state index in [2.05, 4.69) is 10.3 Å². The van der Waals surface area contributed by atoms with Gasteiger partial charge in [0.05, 0.1) is 12.3 Å². The van der Waals surface area contributed by atoms with Gasteiger partial charge in [-0.2, -0.15) is 0 Å². The zero-order valence-electron chi connectivity index (χ0n) is 7.73. The summed E-state index contributed by atoms with van der Waals surface area (Å²) in [7, 11) is 0. The van der Waals surface area contributed by atoms with E-state index in [1.54, 1.807) is 12.1 Å². The molecule has 2 rings (SSSR count). The summed E-state index contributed by atoms with van der Waals surface area (Å²) in [6.45, 7) is -0.134. The highest BCUT2D eigenvalue weighted by molar-refractivity contribution is 5.94. The van der Waals surface area contributed by atoms with Gasteiger partial charge < -0.3 is 10.4 Å². The Morgan fingerprint density at radius 1 is 1.64 bits per heavy atom. The van der Waals surface area contributed by atoms with Gasteiger partial charge in [-0.25, -0.2) is 0 Å². The van der Waals surface area contributed by atoms with Crippen molar-refractivity contribution in [1.29, 1.82) is 0 Å². The summed E-state index contributed by atoms with van der Waals surface area (Å²) in [5, 5.41) is 11.7. The highest BCUT2D eigenvalue weighted by Crippen LogP contribution is 2.19. The van der Waals surface area contributed by atoms with Crippen molar-refractivity contribution >= 4 is 5.91 Å². The number of amides is 1. The van der Waals surface area contributed by atoms with E-state index in [1.165, 1.54) is 6.20 Å². The first kappa shape index (κ1) is 9.15. The molecule has 0 radical (unpaired) electrons. The van der Waals surface area contributed by atoms with Gasteiger partial charge >= 0.3 is 0 Å². The number of hydrogen-bond donors (Lipinski definition) is 2. The topological polar surface area (TPSA) is 62.2 Å². The summed E-state index contributed by atoms with van der Waals surface area (Å²) in [4.78, 5) is 15.4. The maximum absolute atomic E-state index is 11.5. The molecule has 1 aromatic rings. The fraction of sp³-hybridized carbons (Fsp3) is 0.400. The van der Waals surface area contributed by atoms with Crippen LogP contribution in [0.1, 0.15) is 28.9 Å². The van der Waals surface area contributed by atoms with Crippen LogP contribution < -0.4 is 5.32 Å². The smallest absolute Gasteiger partial charge is 0.251 e. The van der Waals surface area contributed by atoms with Crippen LogP contribution >= 0.6 is 0 Å². The van der Waals surface area contributed by atoms with E-state index < -0.39 is 0 Å². The van der Waals surface area contributed by atoms with Crippen molar-refractivity contribution in [3.8, 4) is 0 Å². The first-order valence-electron chi connectivity index (χ1n) is 4.66. The molecule has 0 spiro atoms. The molecule has 4 heteroatoms. The fourth-order valence-corrected chi connectivity index (χ4v) is 1.20. The number of rotatable bonds is 3. The number of aromatic nitrogens is 1. The molecule has 1 aliphatic rings. The van der Waals surface area contributed by atoms with Crippen LogP contribution in [0.2, 0.25) is 0 Å². The Morgan fingerprint density at radius 3 is 3.07 bits per heavy atom. The number of hydrogen-bond acceptors (Lipinski definition) is 3. The lowest BCUT2D eigenvalue weighted by atomic mass is 10.2. The van der Waals surface area contributed by atoms with Gasteiger partial charge in [-0.05, 0) is 25.0 Å². The average Bonchev–Trinajstić information content (AvgIpc) is 3.02. The van der Waals surface area contributed by atoms with Crippen molar-refractivity contribution in [2.75, 3.05) is 0 Å². The van der Waals surface area contributed by atoms with E-state index in [0.717, 1.165) is 12.8 Å². The Morgan fingerprint density at radius 2 is 2.43 bits per heavy atom. The van der Waals surface area contributed by atoms with Crippen LogP contribution in [0.25, 0.3) is 0 Å². The minimum absolute atomic E-state index is 0.0791. The Kier molecular flexibility index (Phi) is 2.45. The van der Waals surface area contributed by atoms with Gasteiger partial charge in [-0.15, -0.1) is 0 Å². The summed E-state index contributed by atoms with van der Waals surface area (Å²) in [5.41, 5.74) is 1.09. The van der Waals surface area contributed by atoms with Gasteiger partial charge in [0.25, 0.3) is 5.91 Å². The standard InChI is InChI=1S/C10H12N2O2/c13-6-9-5-7(3-4-11-9)10(14)12-8-1-2-8/h3-5,8,13H,1-2,6H2,(H,12,14). The molecule has 1 amide bonds. The first-order chi connectivity index (χ1) is 6.79. The highest BCUT2D eigenvalue weighted by Gasteiger charge is 2.23. The number of aliphatic hydroxyl groups excluding tert-OH is 1. The second-order valence-electron chi connectivity index (χ2n) is 3.44. The molecule has 0 unspecified atom stereocenters. The van der Waals surface area contributed by atoms with E-state index in [1.807, 2.05) is 0 Å². The summed E-state index contributed by atoms with van der Waals surface area (Å²) in [6, 6.07) is 3.61. The van der Waals surface area contributed by atoms with Crippen molar-refractivity contribution in [2.45, 2.75) is 25.5 Å². The predicted molar refractivity (Wildman–Crippen MR) is 50.6 cm³/mol. The lowest BCUT2D eigenvalue weighted by molar-refractivity contribution is 0.0950. The zero-order valence-corrected chi connectivity index (χ0v) is 7.73. The normalized spacial score (nSPS) is 15.2. The van der Waals surface area contributed by atoms with Gasteiger partial charge in [0.1, 0.15) is 0 Å². The molecule has 1 aliphatic carbocycles. The van der Waals surface area contributed by atoms with E-state index >= 15 is 0 Å². The molecule has 14 heavy (non-hydrogen) atoms. The summed E-state index contributed by atoms with van der Waals surface area (Å²) in [6.07, 6.45) is 3.68. The van der Waals surface area contributed by atoms with Crippen LogP contribution in [0.5, 0.6) is 0 Å². The third kappa shape index (κ3) is 2.09. The molecule has 4 nitrogen and oxygen atoms in total. The number of nitrogens with zero attached hydrogens (tertiary/aromatic N) is 1. The second-order valence-corrected chi connectivity index (χ2v) is 3.44. The largest absolute Gasteiger partial charge is 0.390 e. The molecule has 1 fully saturated rings. The third-order valence-electron chi connectivity index (χ3n) is 2.15.